The Morgan fingerprint density at radius 3 is 2.75 bits per heavy atom. The second-order valence-electron chi connectivity index (χ2n) is 6.27. The molecule has 0 spiro atoms. The van der Waals surface area contributed by atoms with Gasteiger partial charge in [0.15, 0.2) is 5.82 Å². The normalized spacial score (nSPS) is 12.0. The van der Waals surface area contributed by atoms with Crippen LogP contribution in [-0.4, -0.2) is 21.2 Å². The monoisotopic (exact) mass is 455 g/mol. The number of nitrogens with zero attached hydrogens (tertiary/aromatic N) is 3. The molecule has 0 amide bonds. The molecule has 0 saturated carbocycles. The number of unbranched alkanes of at least 4 members (excludes halogenated alkanes) is 1. The average Bonchev–Trinajstić information content (AvgIpc) is 3.23. The molecule has 28 heavy (non-hydrogen) atoms. The van der Waals surface area contributed by atoms with E-state index in [2.05, 4.69) is 32.9 Å². The van der Waals surface area contributed by atoms with Gasteiger partial charge in [-0.2, -0.15) is 9.50 Å². The van der Waals surface area contributed by atoms with Crippen molar-refractivity contribution in [1.29, 1.82) is 0 Å². The topological polar surface area (TPSA) is 56.5 Å². The van der Waals surface area contributed by atoms with Crippen LogP contribution >= 0.6 is 27.3 Å². The molecule has 7 heteroatoms. The second kappa shape index (κ2) is 8.24. The van der Waals surface area contributed by atoms with Crippen LogP contribution in [0.3, 0.4) is 0 Å². The van der Waals surface area contributed by atoms with Gasteiger partial charge in [0.05, 0.1) is 11.1 Å². The van der Waals surface area contributed by atoms with Crippen LogP contribution in [0.1, 0.15) is 25.3 Å². The summed E-state index contributed by atoms with van der Waals surface area (Å²) in [4.78, 5) is 17.9. The van der Waals surface area contributed by atoms with Gasteiger partial charge in [0, 0.05) is 15.6 Å². The van der Waals surface area contributed by atoms with E-state index in [0.29, 0.717) is 21.9 Å². The van der Waals surface area contributed by atoms with Crippen molar-refractivity contribution in [2.24, 2.45) is 0 Å². The molecule has 0 saturated heterocycles. The van der Waals surface area contributed by atoms with Gasteiger partial charge in [-0.15, -0.1) is 5.10 Å². The quantitative estimate of drug-likeness (QED) is 0.406. The van der Waals surface area contributed by atoms with Crippen LogP contribution in [0.25, 0.3) is 22.4 Å². The molecule has 5 nitrogen and oxygen atoms in total. The van der Waals surface area contributed by atoms with E-state index >= 15 is 0 Å². The fraction of sp³-hybridized carbons (Fsp3) is 0.190. The molecule has 2 aromatic heterocycles. The lowest BCUT2D eigenvalue weighted by atomic mass is 10.2. The number of fused-ring (bicyclic) bond motifs is 1. The first kappa shape index (κ1) is 18.8. The summed E-state index contributed by atoms with van der Waals surface area (Å²) in [6, 6.07) is 15.4. The maximum Gasteiger partial charge on any atom is 0.291 e. The largest absolute Gasteiger partial charge is 0.493 e. The average molecular weight is 456 g/mol. The van der Waals surface area contributed by atoms with Gasteiger partial charge in [-0.05, 0) is 30.7 Å². The summed E-state index contributed by atoms with van der Waals surface area (Å²) in [6.07, 6.45) is 3.92. The molecule has 0 radical (unpaired) electrons. The van der Waals surface area contributed by atoms with Gasteiger partial charge in [-0.25, -0.2) is 0 Å². The van der Waals surface area contributed by atoms with E-state index in [-0.39, 0.29) is 5.56 Å². The van der Waals surface area contributed by atoms with E-state index in [4.69, 9.17) is 4.74 Å². The Balaban J connectivity index is 1.73. The summed E-state index contributed by atoms with van der Waals surface area (Å²) in [7, 11) is 0. The van der Waals surface area contributed by atoms with E-state index in [9.17, 15) is 4.79 Å². The van der Waals surface area contributed by atoms with Crippen LogP contribution in [0, 0.1) is 0 Å². The first-order valence-electron chi connectivity index (χ1n) is 9.05. The lowest BCUT2D eigenvalue weighted by Crippen LogP contribution is -2.23. The lowest BCUT2D eigenvalue weighted by molar-refractivity contribution is 0.309. The molecule has 0 bridgehead atoms. The Morgan fingerprint density at radius 1 is 1.18 bits per heavy atom. The zero-order valence-corrected chi connectivity index (χ0v) is 17.7. The van der Waals surface area contributed by atoms with Crippen molar-refractivity contribution in [3.05, 3.63) is 73.5 Å². The van der Waals surface area contributed by atoms with Crippen LogP contribution in [0.2, 0.25) is 0 Å². The molecule has 4 aromatic rings. The van der Waals surface area contributed by atoms with Crippen LogP contribution in [-0.2, 0) is 0 Å². The van der Waals surface area contributed by atoms with Gasteiger partial charge in [-0.3, -0.25) is 4.79 Å². The summed E-state index contributed by atoms with van der Waals surface area (Å²) in [6.45, 7) is 2.79. The van der Waals surface area contributed by atoms with E-state index < -0.39 is 0 Å². The minimum atomic E-state index is -0.172. The summed E-state index contributed by atoms with van der Waals surface area (Å²) in [5.74, 6) is 1.31. The molecule has 0 aliphatic heterocycles. The molecule has 0 aliphatic carbocycles. The SMILES string of the molecule is CCCCOc1ccccc1C=c1sc2nc(-c3ccccc3Br)nn2c1=O. The Kier molecular flexibility index (Phi) is 5.54. The van der Waals surface area contributed by atoms with E-state index in [1.807, 2.05) is 54.6 Å². The third-order valence-electron chi connectivity index (χ3n) is 4.26. The fourth-order valence-corrected chi connectivity index (χ4v) is 4.15. The van der Waals surface area contributed by atoms with Gasteiger partial charge in [0.25, 0.3) is 5.56 Å². The van der Waals surface area contributed by atoms with Crippen molar-refractivity contribution < 1.29 is 4.74 Å². The number of rotatable bonds is 6. The first-order chi connectivity index (χ1) is 13.7. The minimum Gasteiger partial charge on any atom is -0.493 e. The van der Waals surface area contributed by atoms with E-state index in [0.717, 1.165) is 34.2 Å². The van der Waals surface area contributed by atoms with Crippen molar-refractivity contribution in [2.45, 2.75) is 19.8 Å². The predicted octanol–water partition coefficient (Wildman–Crippen LogP) is 4.31. The van der Waals surface area contributed by atoms with Gasteiger partial charge < -0.3 is 4.74 Å². The highest BCUT2D eigenvalue weighted by molar-refractivity contribution is 9.10. The second-order valence-corrected chi connectivity index (χ2v) is 8.13. The minimum absolute atomic E-state index is 0.172. The van der Waals surface area contributed by atoms with Crippen molar-refractivity contribution in [3.8, 4) is 17.1 Å². The fourth-order valence-electron chi connectivity index (χ4n) is 2.79. The number of para-hydroxylation sites is 1. The molecule has 0 unspecified atom stereocenters. The Morgan fingerprint density at radius 2 is 1.96 bits per heavy atom. The van der Waals surface area contributed by atoms with Gasteiger partial charge in [0.2, 0.25) is 4.96 Å². The molecule has 4 rings (SSSR count). The number of halogens is 1. The molecule has 0 fully saturated rings. The molecular formula is C21H18BrN3O2S. The van der Waals surface area contributed by atoms with Crippen molar-refractivity contribution in [1.82, 2.24) is 14.6 Å². The van der Waals surface area contributed by atoms with E-state index in [1.165, 1.54) is 15.9 Å². The van der Waals surface area contributed by atoms with Crippen LogP contribution in [0.4, 0.5) is 0 Å². The third-order valence-corrected chi connectivity index (χ3v) is 5.91. The summed E-state index contributed by atoms with van der Waals surface area (Å²) < 4.78 is 8.71. The van der Waals surface area contributed by atoms with Crippen molar-refractivity contribution >= 4 is 38.3 Å². The van der Waals surface area contributed by atoms with Gasteiger partial charge >= 0.3 is 0 Å². The maximum atomic E-state index is 12.8. The zero-order valence-electron chi connectivity index (χ0n) is 15.3. The third kappa shape index (κ3) is 3.72. The molecular weight excluding hydrogens is 438 g/mol. The number of benzene rings is 2. The number of aromatic nitrogens is 3. The highest BCUT2D eigenvalue weighted by atomic mass is 79.9. The number of hydrogen-bond donors (Lipinski definition) is 0. The number of ether oxygens (including phenoxy) is 1. The molecule has 0 aliphatic rings. The summed E-state index contributed by atoms with van der Waals surface area (Å²) in [5, 5.41) is 4.41. The maximum absolute atomic E-state index is 12.8. The zero-order chi connectivity index (χ0) is 19.5. The smallest absolute Gasteiger partial charge is 0.291 e. The van der Waals surface area contributed by atoms with Crippen molar-refractivity contribution in [3.63, 3.8) is 0 Å². The highest BCUT2D eigenvalue weighted by Crippen LogP contribution is 2.25. The van der Waals surface area contributed by atoms with E-state index in [1.54, 1.807) is 0 Å². The Hall–Kier alpha value is -2.51. The molecule has 0 atom stereocenters. The van der Waals surface area contributed by atoms with Crippen molar-refractivity contribution in [2.75, 3.05) is 6.61 Å². The predicted molar refractivity (Wildman–Crippen MR) is 116 cm³/mol. The number of hydrogen-bond acceptors (Lipinski definition) is 5. The summed E-state index contributed by atoms with van der Waals surface area (Å²) >= 11 is 4.83. The molecule has 2 heterocycles. The standard InChI is InChI=1S/C21H18BrN3O2S/c1-2-3-12-27-17-11-7-4-8-14(17)13-18-20(26)25-21(28-18)23-19(24-25)15-9-5-6-10-16(15)22/h4-11,13H,2-3,12H2,1H3. The molecule has 0 N–H and O–H groups in total. The van der Waals surface area contributed by atoms with Gasteiger partial charge in [-0.1, -0.05) is 70.9 Å². The first-order valence-corrected chi connectivity index (χ1v) is 10.7. The van der Waals surface area contributed by atoms with Crippen LogP contribution in [0.15, 0.2) is 57.8 Å². The van der Waals surface area contributed by atoms with Gasteiger partial charge in [0.1, 0.15) is 5.75 Å². The Bertz CT molecular complexity index is 1230. The summed E-state index contributed by atoms with van der Waals surface area (Å²) in [5.41, 5.74) is 1.57. The molecule has 2 aromatic carbocycles. The van der Waals surface area contributed by atoms with Crippen LogP contribution < -0.4 is 14.8 Å². The number of thiazole rings is 1. The molecule has 142 valence electrons. The highest BCUT2D eigenvalue weighted by Gasteiger charge is 2.14. The van der Waals surface area contributed by atoms with Crippen LogP contribution in [0.5, 0.6) is 5.75 Å². The Labute approximate surface area is 174 Å². The lowest BCUT2D eigenvalue weighted by Gasteiger charge is -2.07.